The smallest absolute Gasteiger partial charge is 0.128 e. The summed E-state index contributed by atoms with van der Waals surface area (Å²) in [4.78, 5) is 4.33. The van der Waals surface area contributed by atoms with Crippen molar-refractivity contribution in [3.8, 4) is 0 Å². The van der Waals surface area contributed by atoms with E-state index in [2.05, 4.69) is 4.98 Å². The minimum Gasteiger partial charge on any atom is -0.322 e. The van der Waals surface area contributed by atoms with Gasteiger partial charge in [0.15, 0.2) is 0 Å². The Balaban J connectivity index is 2.26. The highest BCUT2D eigenvalue weighted by Crippen LogP contribution is 2.33. The van der Waals surface area contributed by atoms with Gasteiger partial charge in [-0.1, -0.05) is 24.4 Å². The van der Waals surface area contributed by atoms with Crippen LogP contribution in [0.15, 0.2) is 6.20 Å². The molecule has 0 spiro atoms. The van der Waals surface area contributed by atoms with E-state index >= 15 is 0 Å². The molecule has 1 saturated carbocycles. The van der Waals surface area contributed by atoms with Crippen LogP contribution < -0.4 is 0 Å². The van der Waals surface area contributed by atoms with Gasteiger partial charge in [-0.05, 0) is 12.8 Å². The molecule has 0 amide bonds. The number of nitrogens with zero attached hydrogens (tertiary/aromatic N) is 2. The van der Waals surface area contributed by atoms with Gasteiger partial charge in [0, 0.05) is 13.0 Å². The van der Waals surface area contributed by atoms with Crippen LogP contribution in [0.25, 0.3) is 0 Å². The van der Waals surface area contributed by atoms with Gasteiger partial charge in [-0.3, -0.25) is 0 Å². The molecule has 1 heterocycles. The minimum atomic E-state index is 0.655. The highest BCUT2D eigenvalue weighted by atomic mass is 35.5. The van der Waals surface area contributed by atoms with Crippen LogP contribution in [0.3, 0.4) is 0 Å². The van der Waals surface area contributed by atoms with Gasteiger partial charge in [-0.15, -0.1) is 0 Å². The van der Waals surface area contributed by atoms with Crippen molar-refractivity contribution in [3.05, 3.63) is 17.2 Å². The summed E-state index contributed by atoms with van der Waals surface area (Å²) in [5.74, 6) is 1.82. The maximum Gasteiger partial charge on any atom is 0.128 e. The van der Waals surface area contributed by atoms with Gasteiger partial charge in [0.2, 0.25) is 0 Å². The maximum absolute atomic E-state index is 5.91. The first-order valence-corrected chi connectivity index (χ1v) is 4.84. The molecule has 0 aliphatic heterocycles. The van der Waals surface area contributed by atoms with Crippen LogP contribution in [-0.2, 0) is 7.05 Å². The van der Waals surface area contributed by atoms with E-state index in [1.165, 1.54) is 25.7 Å². The Labute approximate surface area is 77.6 Å². The summed E-state index contributed by atoms with van der Waals surface area (Å²) >= 11 is 5.91. The Kier molecular flexibility index (Phi) is 2.09. The summed E-state index contributed by atoms with van der Waals surface area (Å²) in [5.41, 5.74) is 0. The van der Waals surface area contributed by atoms with Gasteiger partial charge in [0.25, 0.3) is 0 Å². The number of rotatable bonds is 1. The lowest BCUT2D eigenvalue weighted by atomic mass is 10.1. The van der Waals surface area contributed by atoms with Crippen molar-refractivity contribution in [1.29, 1.82) is 0 Å². The molecule has 0 bridgehead atoms. The molecule has 1 aliphatic rings. The standard InChI is InChI=1S/C9H13ClN2/c1-12-8(10)6-11-9(12)7-4-2-3-5-7/h6-7H,2-5H2,1H3. The Bertz CT molecular complexity index is 274. The van der Waals surface area contributed by atoms with Crippen LogP contribution in [-0.4, -0.2) is 9.55 Å². The van der Waals surface area contributed by atoms with E-state index in [1.807, 2.05) is 11.6 Å². The monoisotopic (exact) mass is 184 g/mol. The van der Waals surface area contributed by atoms with Gasteiger partial charge in [-0.25, -0.2) is 4.98 Å². The lowest BCUT2D eigenvalue weighted by molar-refractivity contribution is 0.633. The molecule has 12 heavy (non-hydrogen) atoms. The third-order valence-electron chi connectivity index (χ3n) is 2.69. The van der Waals surface area contributed by atoms with Crippen molar-refractivity contribution in [2.24, 2.45) is 7.05 Å². The summed E-state index contributed by atoms with van der Waals surface area (Å²) in [5, 5.41) is 0.747. The Hall–Kier alpha value is -0.500. The van der Waals surface area contributed by atoms with E-state index in [1.54, 1.807) is 6.20 Å². The van der Waals surface area contributed by atoms with Crippen molar-refractivity contribution in [2.45, 2.75) is 31.6 Å². The Morgan fingerprint density at radius 3 is 2.67 bits per heavy atom. The van der Waals surface area contributed by atoms with Crippen LogP contribution in [0.5, 0.6) is 0 Å². The van der Waals surface area contributed by atoms with Gasteiger partial charge in [0.05, 0.1) is 6.20 Å². The Morgan fingerprint density at radius 2 is 2.17 bits per heavy atom. The normalized spacial score (nSPS) is 18.8. The number of hydrogen-bond donors (Lipinski definition) is 0. The van der Waals surface area contributed by atoms with E-state index in [0.29, 0.717) is 5.92 Å². The second-order valence-corrected chi connectivity index (χ2v) is 3.87. The lowest BCUT2D eigenvalue weighted by Gasteiger charge is -2.08. The number of halogens is 1. The molecule has 0 atom stereocenters. The van der Waals surface area contributed by atoms with Gasteiger partial charge in [0.1, 0.15) is 11.0 Å². The number of imidazole rings is 1. The first kappa shape index (κ1) is 8.11. The first-order valence-electron chi connectivity index (χ1n) is 4.46. The van der Waals surface area contributed by atoms with E-state index < -0.39 is 0 Å². The van der Waals surface area contributed by atoms with E-state index in [4.69, 9.17) is 11.6 Å². The summed E-state index contributed by atoms with van der Waals surface area (Å²) in [7, 11) is 1.99. The van der Waals surface area contributed by atoms with Crippen molar-refractivity contribution in [3.63, 3.8) is 0 Å². The molecule has 1 aromatic rings. The SMILES string of the molecule is Cn1c(Cl)cnc1C1CCCC1. The zero-order valence-electron chi connectivity index (χ0n) is 7.26. The zero-order valence-corrected chi connectivity index (χ0v) is 8.01. The number of hydrogen-bond acceptors (Lipinski definition) is 1. The fraction of sp³-hybridized carbons (Fsp3) is 0.667. The van der Waals surface area contributed by atoms with Crippen LogP contribution in [0.4, 0.5) is 0 Å². The summed E-state index contributed by atoms with van der Waals surface area (Å²) < 4.78 is 2.00. The highest BCUT2D eigenvalue weighted by molar-refractivity contribution is 6.29. The molecule has 0 aromatic carbocycles. The van der Waals surface area contributed by atoms with Crippen molar-refractivity contribution >= 4 is 11.6 Å². The predicted molar refractivity (Wildman–Crippen MR) is 49.4 cm³/mol. The van der Waals surface area contributed by atoms with Gasteiger partial charge in [-0.2, -0.15) is 0 Å². The molecule has 2 nitrogen and oxygen atoms in total. The van der Waals surface area contributed by atoms with Crippen molar-refractivity contribution < 1.29 is 0 Å². The maximum atomic E-state index is 5.91. The molecule has 1 fully saturated rings. The lowest BCUT2D eigenvalue weighted by Crippen LogP contribution is -2.02. The van der Waals surface area contributed by atoms with E-state index in [9.17, 15) is 0 Å². The second kappa shape index (κ2) is 3.09. The van der Waals surface area contributed by atoms with Crippen LogP contribution in [0.2, 0.25) is 5.15 Å². The highest BCUT2D eigenvalue weighted by Gasteiger charge is 2.21. The third-order valence-corrected chi connectivity index (χ3v) is 3.04. The fourth-order valence-electron chi connectivity index (χ4n) is 1.97. The molecule has 2 rings (SSSR count). The molecule has 1 aliphatic carbocycles. The molecule has 0 N–H and O–H groups in total. The largest absolute Gasteiger partial charge is 0.322 e. The molecule has 0 radical (unpaired) electrons. The summed E-state index contributed by atoms with van der Waals surface area (Å²) in [6.45, 7) is 0. The number of aromatic nitrogens is 2. The molecule has 66 valence electrons. The zero-order chi connectivity index (χ0) is 8.55. The van der Waals surface area contributed by atoms with Crippen LogP contribution in [0.1, 0.15) is 37.4 Å². The molecule has 0 saturated heterocycles. The van der Waals surface area contributed by atoms with Gasteiger partial charge >= 0.3 is 0 Å². The van der Waals surface area contributed by atoms with Crippen LogP contribution >= 0.6 is 11.6 Å². The van der Waals surface area contributed by atoms with Crippen LogP contribution in [0, 0.1) is 0 Å². The predicted octanol–water partition coefficient (Wildman–Crippen LogP) is 2.73. The average molecular weight is 185 g/mol. The minimum absolute atomic E-state index is 0.655. The average Bonchev–Trinajstić information content (AvgIpc) is 2.64. The molecular formula is C9H13ClN2. The van der Waals surface area contributed by atoms with Gasteiger partial charge < -0.3 is 4.57 Å². The van der Waals surface area contributed by atoms with Crippen molar-refractivity contribution in [2.75, 3.05) is 0 Å². The summed E-state index contributed by atoms with van der Waals surface area (Å²) in [6, 6.07) is 0. The third kappa shape index (κ3) is 1.24. The Morgan fingerprint density at radius 1 is 1.50 bits per heavy atom. The molecule has 0 unspecified atom stereocenters. The fourth-order valence-corrected chi connectivity index (χ4v) is 2.10. The molecule has 1 aromatic heterocycles. The molecular weight excluding hydrogens is 172 g/mol. The van der Waals surface area contributed by atoms with Crippen molar-refractivity contribution in [1.82, 2.24) is 9.55 Å². The van der Waals surface area contributed by atoms with E-state index in [0.717, 1.165) is 11.0 Å². The topological polar surface area (TPSA) is 17.8 Å². The van der Waals surface area contributed by atoms with E-state index in [-0.39, 0.29) is 0 Å². The summed E-state index contributed by atoms with van der Waals surface area (Å²) in [6.07, 6.45) is 6.99. The second-order valence-electron chi connectivity index (χ2n) is 3.48. The molecule has 3 heteroatoms. The quantitative estimate of drug-likeness (QED) is 0.657. The first-order chi connectivity index (χ1) is 5.79.